The lowest BCUT2D eigenvalue weighted by molar-refractivity contribution is -0.151. The summed E-state index contributed by atoms with van der Waals surface area (Å²) in [5, 5.41) is 2.90. The van der Waals surface area contributed by atoms with Gasteiger partial charge in [-0.15, -0.1) is 0 Å². The van der Waals surface area contributed by atoms with Crippen LogP contribution in [-0.4, -0.2) is 55.2 Å². The molecular weight excluding hydrogens is 436 g/mol. The van der Waals surface area contributed by atoms with E-state index < -0.39 is 0 Å². The quantitative estimate of drug-likeness (QED) is 0.472. The van der Waals surface area contributed by atoms with Crippen LogP contribution in [-0.2, 0) is 19.1 Å². The van der Waals surface area contributed by atoms with Gasteiger partial charge in [0.25, 0.3) is 5.91 Å². The van der Waals surface area contributed by atoms with Crippen LogP contribution in [0.1, 0.15) is 44.6 Å². The molecule has 1 N–H and O–H groups in total. The average Bonchev–Trinajstić information content (AvgIpc) is 2.72. The second kappa shape index (κ2) is 10.8. The number of rotatable bonds is 8. The highest BCUT2D eigenvalue weighted by Gasteiger charge is 2.42. The SMILES string of the molecule is CCOCCCNC(=O)CN1C(=O)/C(=C\c2ccccc2Br)OC2CCCCC21. The van der Waals surface area contributed by atoms with E-state index in [-0.39, 0.29) is 30.5 Å². The second-order valence-corrected chi connectivity index (χ2v) is 8.23. The predicted molar refractivity (Wildman–Crippen MR) is 115 cm³/mol. The summed E-state index contributed by atoms with van der Waals surface area (Å²) in [7, 11) is 0. The van der Waals surface area contributed by atoms with Gasteiger partial charge in [-0.2, -0.15) is 0 Å². The number of hydrogen-bond acceptors (Lipinski definition) is 4. The van der Waals surface area contributed by atoms with Gasteiger partial charge in [-0.1, -0.05) is 40.5 Å². The summed E-state index contributed by atoms with van der Waals surface area (Å²) in [6.07, 6.45) is 6.37. The van der Waals surface area contributed by atoms with E-state index in [1.54, 1.807) is 11.0 Å². The van der Waals surface area contributed by atoms with Crippen LogP contribution in [0.15, 0.2) is 34.5 Å². The molecule has 1 aliphatic heterocycles. The number of nitrogens with one attached hydrogen (secondary N) is 1. The van der Waals surface area contributed by atoms with Gasteiger partial charge in [0.2, 0.25) is 5.91 Å². The van der Waals surface area contributed by atoms with Crippen molar-refractivity contribution in [2.75, 3.05) is 26.3 Å². The van der Waals surface area contributed by atoms with Crippen molar-refractivity contribution in [3.63, 3.8) is 0 Å². The molecule has 1 saturated carbocycles. The van der Waals surface area contributed by atoms with Crippen LogP contribution in [0.2, 0.25) is 0 Å². The van der Waals surface area contributed by atoms with Crippen LogP contribution >= 0.6 is 15.9 Å². The lowest BCUT2D eigenvalue weighted by atomic mass is 9.89. The van der Waals surface area contributed by atoms with Crippen molar-refractivity contribution in [3.05, 3.63) is 40.1 Å². The summed E-state index contributed by atoms with van der Waals surface area (Å²) in [4.78, 5) is 27.3. The van der Waals surface area contributed by atoms with E-state index in [2.05, 4.69) is 21.2 Å². The lowest BCUT2D eigenvalue weighted by Gasteiger charge is -2.44. The molecule has 6 nitrogen and oxygen atoms in total. The first kappa shape index (κ1) is 21.8. The number of amides is 2. The van der Waals surface area contributed by atoms with Crippen molar-refractivity contribution in [2.45, 2.75) is 51.2 Å². The van der Waals surface area contributed by atoms with Gasteiger partial charge in [0.05, 0.1) is 6.04 Å². The van der Waals surface area contributed by atoms with Crippen molar-refractivity contribution in [2.24, 2.45) is 0 Å². The summed E-state index contributed by atoms with van der Waals surface area (Å²) in [6, 6.07) is 7.66. The van der Waals surface area contributed by atoms with Gasteiger partial charge in [0.1, 0.15) is 12.6 Å². The maximum Gasteiger partial charge on any atom is 0.289 e. The molecule has 0 spiro atoms. The van der Waals surface area contributed by atoms with Crippen molar-refractivity contribution < 1.29 is 19.1 Å². The Hall–Kier alpha value is -1.86. The van der Waals surface area contributed by atoms with E-state index >= 15 is 0 Å². The number of benzene rings is 1. The van der Waals surface area contributed by atoms with E-state index in [1.165, 1.54) is 0 Å². The van der Waals surface area contributed by atoms with Crippen LogP contribution in [0.25, 0.3) is 6.08 Å². The van der Waals surface area contributed by atoms with Crippen LogP contribution in [0.3, 0.4) is 0 Å². The number of carbonyl (C=O) groups excluding carboxylic acids is 2. The normalized spacial score (nSPS) is 22.9. The van der Waals surface area contributed by atoms with Crippen LogP contribution in [0.5, 0.6) is 0 Å². The van der Waals surface area contributed by atoms with Gasteiger partial charge >= 0.3 is 0 Å². The molecule has 2 amide bonds. The van der Waals surface area contributed by atoms with E-state index in [0.717, 1.165) is 42.1 Å². The zero-order valence-electron chi connectivity index (χ0n) is 16.9. The molecule has 1 heterocycles. The third-order valence-corrected chi connectivity index (χ3v) is 6.04. The van der Waals surface area contributed by atoms with Crippen LogP contribution < -0.4 is 5.32 Å². The lowest BCUT2D eigenvalue weighted by Crippen LogP contribution is -2.57. The summed E-state index contributed by atoms with van der Waals surface area (Å²) >= 11 is 3.51. The van der Waals surface area contributed by atoms with Crippen LogP contribution in [0, 0.1) is 0 Å². The minimum absolute atomic E-state index is 0.0400. The summed E-state index contributed by atoms with van der Waals surface area (Å²) < 4.78 is 12.3. The predicted octanol–water partition coefficient (Wildman–Crippen LogP) is 3.50. The third kappa shape index (κ3) is 5.82. The fourth-order valence-electron chi connectivity index (χ4n) is 3.85. The fraction of sp³-hybridized carbons (Fsp3) is 0.545. The zero-order chi connectivity index (χ0) is 20.6. The largest absolute Gasteiger partial charge is 0.482 e. The molecule has 2 unspecified atom stereocenters. The number of morpholine rings is 1. The Morgan fingerprint density at radius 2 is 2.14 bits per heavy atom. The Morgan fingerprint density at radius 1 is 1.34 bits per heavy atom. The second-order valence-electron chi connectivity index (χ2n) is 7.37. The van der Waals surface area contributed by atoms with Crippen LogP contribution in [0.4, 0.5) is 0 Å². The standard InChI is InChI=1S/C22H29BrN2O4/c1-2-28-13-7-12-24-21(26)15-25-18-10-5-6-11-19(18)29-20(22(25)27)14-16-8-3-4-9-17(16)23/h3-4,8-9,14,18-19H,2,5-7,10-13,15H2,1H3,(H,24,26)/b20-14+. The molecule has 1 aromatic rings. The minimum atomic E-state index is -0.214. The number of fused-ring (bicyclic) bond motifs is 1. The number of ether oxygens (including phenoxy) is 2. The first-order chi connectivity index (χ1) is 14.1. The molecule has 0 bridgehead atoms. The molecule has 0 aromatic heterocycles. The Kier molecular flexibility index (Phi) is 8.12. The Balaban J connectivity index is 1.70. The Labute approximate surface area is 180 Å². The molecule has 29 heavy (non-hydrogen) atoms. The van der Waals surface area contributed by atoms with E-state index in [0.29, 0.717) is 25.5 Å². The van der Waals surface area contributed by atoms with E-state index in [1.807, 2.05) is 31.2 Å². The molecule has 0 radical (unpaired) electrons. The van der Waals surface area contributed by atoms with Gasteiger partial charge in [-0.25, -0.2) is 0 Å². The molecule has 2 atom stereocenters. The minimum Gasteiger partial charge on any atom is -0.482 e. The Bertz CT molecular complexity index is 752. The summed E-state index contributed by atoms with van der Waals surface area (Å²) in [5.74, 6) is -0.0427. The molecular formula is C22H29BrN2O4. The average molecular weight is 465 g/mol. The first-order valence-electron chi connectivity index (χ1n) is 10.4. The Morgan fingerprint density at radius 3 is 2.93 bits per heavy atom. The number of hydrogen-bond donors (Lipinski definition) is 1. The number of halogens is 1. The summed E-state index contributed by atoms with van der Waals surface area (Å²) in [6.45, 7) is 3.85. The van der Waals surface area contributed by atoms with Gasteiger partial charge in [-0.3, -0.25) is 9.59 Å². The maximum absolute atomic E-state index is 13.2. The molecule has 2 fully saturated rings. The smallest absolute Gasteiger partial charge is 0.289 e. The highest BCUT2D eigenvalue weighted by molar-refractivity contribution is 9.10. The maximum atomic E-state index is 13.2. The van der Waals surface area contributed by atoms with E-state index in [9.17, 15) is 9.59 Å². The highest BCUT2D eigenvalue weighted by Crippen LogP contribution is 2.33. The fourth-order valence-corrected chi connectivity index (χ4v) is 4.25. The molecule has 158 valence electrons. The molecule has 1 saturated heterocycles. The van der Waals surface area contributed by atoms with Gasteiger partial charge in [0, 0.05) is 24.2 Å². The molecule has 1 aliphatic carbocycles. The zero-order valence-corrected chi connectivity index (χ0v) is 18.4. The van der Waals surface area contributed by atoms with Gasteiger partial charge in [0.15, 0.2) is 5.76 Å². The number of carbonyl (C=O) groups is 2. The highest BCUT2D eigenvalue weighted by atomic mass is 79.9. The van der Waals surface area contributed by atoms with Gasteiger partial charge < -0.3 is 19.7 Å². The van der Waals surface area contributed by atoms with Crippen molar-refractivity contribution in [3.8, 4) is 0 Å². The molecule has 2 aliphatic rings. The molecule has 1 aromatic carbocycles. The topological polar surface area (TPSA) is 67.9 Å². The number of nitrogens with zero attached hydrogens (tertiary/aromatic N) is 1. The van der Waals surface area contributed by atoms with Crippen molar-refractivity contribution in [1.82, 2.24) is 10.2 Å². The van der Waals surface area contributed by atoms with E-state index in [4.69, 9.17) is 9.47 Å². The first-order valence-corrected chi connectivity index (χ1v) is 11.2. The molecule has 3 rings (SSSR count). The van der Waals surface area contributed by atoms with Crippen molar-refractivity contribution >= 4 is 33.8 Å². The monoisotopic (exact) mass is 464 g/mol. The molecule has 7 heteroatoms. The van der Waals surface area contributed by atoms with Crippen molar-refractivity contribution in [1.29, 1.82) is 0 Å². The third-order valence-electron chi connectivity index (χ3n) is 5.32. The summed E-state index contributed by atoms with van der Waals surface area (Å²) in [5.41, 5.74) is 0.880. The van der Waals surface area contributed by atoms with Gasteiger partial charge in [-0.05, 0) is 50.3 Å².